The molecule has 0 bridgehead atoms. The molecule has 1 aromatic rings. The minimum absolute atomic E-state index is 0.0172. The highest BCUT2D eigenvalue weighted by Gasteiger charge is 2.56. The molecular weight excluding hydrogens is 302 g/mol. The molecule has 1 N–H and O–H groups in total. The van der Waals surface area contributed by atoms with Crippen molar-refractivity contribution in [1.29, 1.82) is 0 Å². The maximum Gasteiger partial charge on any atom is 0.281 e. The number of hydrogen-bond donors (Lipinski definition) is 1. The van der Waals surface area contributed by atoms with E-state index >= 15 is 0 Å². The summed E-state index contributed by atoms with van der Waals surface area (Å²) in [5.74, 6) is -0.0126. The van der Waals surface area contributed by atoms with Crippen LogP contribution in [0.4, 0.5) is 0 Å². The van der Waals surface area contributed by atoms with Crippen LogP contribution < -0.4 is 5.32 Å². The number of benzene rings is 1. The number of hydrogen-bond acceptors (Lipinski definition) is 3. The minimum Gasteiger partial charge on any atom is -0.355 e. The largest absolute Gasteiger partial charge is 0.355 e. The Hall–Kier alpha value is -1.44. The summed E-state index contributed by atoms with van der Waals surface area (Å²) in [7, 11) is -0.447. The van der Waals surface area contributed by atoms with E-state index in [1.165, 1.54) is 22.7 Å². The van der Waals surface area contributed by atoms with Crippen LogP contribution >= 0.6 is 0 Å². The van der Waals surface area contributed by atoms with Gasteiger partial charge >= 0.3 is 0 Å². The fourth-order valence-corrected chi connectivity index (χ4v) is 4.72. The van der Waals surface area contributed by atoms with Crippen LogP contribution in [0.1, 0.15) is 17.9 Å². The normalized spacial score (nSPS) is 29.4. The second kappa shape index (κ2) is 5.33. The number of carbonyl (C=O) groups excluding carboxylic acids is 1. The number of nitrogens with one attached hydrogen (secondary N) is 1. The first-order valence-electron chi connectivity index (χ1n) is 7.39. The molecule has 0 unspecified atom stereocenters. The monoisotopic (exact) mass is 323 g/mol. The number of rotatable bonds is 3. The molecule has 22 heavy (non-hydrogen) atoms. The predicted octanol–water partition coefficient (Wildman–Crippen LogP) is 0.399. The highest BCUT2D eigenvalue weighted by molar-refractivity contribution is 7.86. The molecule has 0 aromatic heterocycles. The van der Waals surface area contributed by atoms with Gasteiger partial charge in [0.25, 0.3) is 10.2 Å². The van der Waals surface area contributed by atoms with Gasteiger partial charge in [-0.2, -0.15) is 17.0 Å². The highest BCUT2D eigenvalue weighted by atomic mass is 32.2. The van der Waals surface area contributed by atoms with Crippen molar-refractivity contribution < 1.29 is 13.2 Å². The van der Waals surface area contributed by atoms with Gasteiger partial charge in [-0.3, -0.25) is 4.79 Å². The molecule has 120 valence electrons. The van der Waals surface area contributed by atoms with E-state index in [-0.39, 0.29) is 18.4 Å². The fourth-order valence-electron chi connectivity index (χ4n) is 3.54. The summed E-state index contributed by atoms with van der Waals surface area (Å²) >= 11 is 0. The summed E-state index contributed by atoms with van der Waals surface area (Å²) in [5, 5.41) is 2.93. The lowest BCUT2D eigenvalue weighted by Gasteiger charge is -2.29. The van der Waals surface area contributed by atoms with Crippen molar-refractivity contribution >= 4 is 16.1 Å². The first kappa shape index (κ1) is 15.5. The Kier molecular flexibility index (Phi) is 3.74. The lowest BCUT2D eigenvalue weighted by molar-refractivity contribution is -0.127. The van der Waals surface area contributed by atoms with Gasteiger partial charge in [-0.25, -0.2) is 0 Å². The molecule has 3 rings (SSSR count). The van der Waals surface area contributed by atoms with Gasteiger partial charge in [0.15, 0.2) is 0 Å². The quantitative estimate of drug-likeness (QED) is 0.875. The number of nitrogens with zero attached hydrogens (tertiary/aromatic N) is 2. The van der Waals surface area contributed by atoms with Crippen molar-refractivity contribution in [1.82, 2.24) is 13.9 Å². The summed E-state index contributed by atoms with van der Waals surface area (Å²) in [6, 6.07) is 9.87. The second-order valence-corrected chi connectivity index (χ2v) is 8.35. The van der Waals surface area contributed by atoms with Gasteiger partial charge in [-0.15, -0.1) is 0 Å². The standard InChI is InChI=1S/C15H21N3O3S/c1-17(2)22(20,21)18-9-8-15(11-18)13(10-16-14(15)19)12-6-4-3-5-7-12/h3-7,13H,8-11H2,1-2H3,(H,16,19)/t13-,15-/m0/s1. The lowest BCUT2D eigenvalue weighted by Crippen LogP contribution is -2.42. The van der Waals surface area contributed by atoms with Crippen molar-refractivity contribution in [3.63, 3.8) is 0 Å². The van der Waals surface area contributed by atoms with Crippen LogP contribution in [-0.2, 0) is 15.0 Å². The van der Waals surface area contributed by atoms with Crippen LogP contribution in [0, 0.1) is 5.41 Å². The number of carbonyl (C=O) groups is 1. The van der Waals surface area contributed by atoms with E-state index in [2.05, 4.69) is 5.32 Å². The van der Waals surface area contributed by atoms with Crippen LogP contribution in [0.3, 0.4) is 0 Å². The molecule has 6 nitrogen and oxygen atoms in total. The average molecular weight is 323 g/mol. The smallest absolute Gasteiger partial charge is 0.281 e. The van der Waals surface area contributed by atoms with Crippen LogP contribution in [0.5, 0.6) is 0 Å². The third-order valence-electron chi connectivity index (χ3n) is 4.84. The summed E-state index contributed by atoms with van der Waals surface area (Å²) in [6.07, 6.45) is 0.561. The first-order chi connectivity index (χ1) is 10.4. The van der Waals surface area contributed by atoms with Crippen molar-refractivity contribution in [3.8, 4) is 0 Å². The molecule has 0 saturated carbocycles. The average Bonchev–Trinajstić information content (AvgIpc) is 3.07. The minimum atomic E-state index is -3.48. The lowest BCUT2D eigenvalue weighted by atomic mass is 9.73. The zero-order valence-electron chi connectivity index (χ0n) is 12.8. The Morgan fingerprint density at radius 2 is 1.95 bits per heavy atom. The fraction of sp³-hybridized carbons (Fsp3) is 0.533. The molecular formula is C15H21N3O3S. The van der Waals surface area contributed by atoms with E-state index in [9.17, 15) is 13.2 Å². The van der Waals surface area contributed by atoms with E-state index in [1.54, 1.807) is 0 Å². The SMILES string of the molecule is CN(C)S(=O)(=O)N1CC[C@@]2(C1)C(=O)NC[C@H]2c1ccccc1. The maximum absolute atomic E-state index is 12.5. The Labute approximate surface area is 131 Å². The van der Waals surface area contributed by atoms with Crippen molar-refractivity contribution in [2.45, 2.75) is 12.3 Å². The van der Waals surface area contributed by atoms with Crippen molar-refractivity contribution in [2.24, 2.45) is 5.41 Å². The zero-order valence-corrected chi connectivity index (χ0v) is 13.6. The first-order valence-corrected chi connectivity index (χ1v) is 8.78. The zero-order chi connectivity index (χ0) is 16.0. The van der Waals surface area contributed by atoms with E-state index in [0.29, 0.717) is 19.5 Å². The molecule has 2 atom stereocenters. The summed E-state index contributed by atoms with van der Waals surface area (Å²) in [4.78, 5) is 12.5. The van der Waals surface area contributed by atoms with Crippen molar-refractivity contribution in [3.05, 3.63) is 35.9 Å². The molecule has 1 spiro atoms. The summed E-state index contributed by atoms with van der Waals surface area (Å²) in [5.41, 5.74) is 0.440. The third-order valence-corrected chi connectivity index (χ3v) is 6.73. The molecule has 2 aliphatic heterocycles. The molecule has 7 heteroatoms. The van der Waals surface area contributed by atoms with Gasteiger partial charge in [0.05, 0.1) is 5.41 Å². The van der Waals surface area contributed by atoms with Crippen LogP contribution in [0.25, 0.3) is 0 Å². The van der Waals surface area contributed by atoms with Gasteiger partial charge in [-0.05, 0) is 12.0 Å². The molecule has 1 amide bonds. The summed E-state index contributed by atoms with van der Waals surface area (Å²) < 4.78 is 27.3. The Bertz CT molecular complexity index is 675. The molecule has 2 saturated heterocycles. The van der Waals surface area contributed by atoms with Crippen molar-refractivity contribution in [2.75, 3.05) is 33.7 Å². The van der Waals surface area contributed by atoms with Crippen LogP contribution in [-0.4, -0.2) is 56.7 Å². The van der Waals surface area contributed by atoms with Gasteiger partial charge in [0.1, 0.15) is 0 Å². The van der Waals surface area contributed by atoms with Gasteiger partial charge in [0, 0.05) is 39.6 Å². The Balaban J connectivity index is 1.93. The van der Waals surface area contributed by atoms with Gasteiger partial charge < -0.3 is 5.32 Å². The van der Waals surface area contributed by atoms with Gasteiger partial charge in [0.2, 0.25) is 5.91 Å². The highest BCUT2D eigenvalue weighted by Crippen LogP contribution is 2.47. The van der Waals surface area contributed by atoms with Crippen LogP contribution in [0.15, 0.2) is 30.3 Å². The second-order valence-electron chi connectivity index (χ2n) is 6.20. The molecule has 0 aliphatic carbocycles. The predicted molar refractivity (Wildman–Crippen MR) is 83.4 cm³/mol. The van der Waals surface area contributed by atoms with E-state index in [1.807, 2.05) is 30.3 Å². The van der Waals surface area contributed by atoms with E-state index < -0.39 is 15.6 Å². The van der Waals surface area contributed by atoms with Crippen LogP contribution in [0.2, 0.25) is 0 Å². The molecule has 0 radical (unpaired) electrons. The Morgan fingerprint density at radius 3 is 2.59 bits per heavy atom. The molecule has 2 heterocycles. The third kappa shape index (κ3) is 2.24. The molecule has 2 aliphatic rings. The van der Waals surface area contributed by atoms with Gasteiger partial charge in [-0.1, -0.05) is 30.3 Å². The Morgan fingerprint density at radius 1 is 1.27 bits per heavy atom. The molecule has 2 fully saturated rings. The maximum atomic E-state index is 12.5. The molecule has 1 aromatic carbocycles. The number of amides is 1. The topological polar surface area (TPSA) is 69.7 Å². The van der Waals surface area contributed by atoms with E-state index in [0.717, 1.165) is 5.56 Å². The van der Waals surface area contributed by atoms with E-state index in [4.69, 9.17) is 0 Å². The summed E-state index contributed by atoms with van der Waals surface area (Å²) in [6.45, 7) is 1.20.